The Morgan fingerprint density at radius 3 is 2.58 bits per heavy atom. The van der Waals surface area contributed by atoms with Crippen LogP contribution in [0.2, 0.25) is 5.02 Å². The fourth-order valence-corrected chi connectivity index (χ4v) is 4.28. The molecule has 0 bridgehead atoms. The first-order chi connectivity index (χ1) is 17.4. The Hall–Kier alpha value is -4.30. The summed E-state index contributed by atoms with van der Waals surface area (Å²) in [6, 6.07) is 21.2. The van der Waals surface area contributed by atoms with Gasteiger partial charge in [-0.2, -0.15) is 0 Å². The van der Waals surface area contributed by atoms with E-state index in [9.17, 15) is 14.5 Å². The van der Waals surface area contributed by atoms with Crippen LogP contribution in [0.5, 0.6) is 5.75 Å². The Morgan fingerprint density at radius 2 is 1.83 bits per heavy atom. The number of fused-ring (bicyclic) bond motifs is 1. The Balaban J connectivity index is 1.41. The third-order valence-electron chi connectivity index (χ3n) is 5.89. The maximum Gasteiger partial charge on any atom is 0.342 e. The summed E-state index contributed by atoms with van der Waals surface area (Å²) in [7, 11) is 0. The molecule has 0 aliphatic rings. The molecular weight excluding hydrogens is 483 g/mol. The molecule has 9 heteroatoms. The summed E-state index contributed by atoms with van der Waals surface area (Å²) in [6.07, 6.45) is 1.24. The van der Waals surface area contributed by atoms with Gasteiger partial charge in [-0.25, -0.2) is 18.9 Å². The molecule has 2 heterocycles. The summed E-state index contributed by atoms with van der Waals surface area (Å²) < 4.78 is 22.0. The molecule has 0 radical (unpaired) electrons. The van der Waals surface area contributed by atoms with Gasteiger partial charge in [0.2, 0.25) is 0 Å². The second-order valence-electron chi connectivity index (χ2n) is 8.14. The van der Waals surface area contributed by atoms with Crippen LogP contribution in [0, 0.1) is 22.9 Å². The highest BCUT2D eigenvalue weighted by Crippen LogP contribution is 2.35. The van der Waals surface area contributed by atoms with Gasteiger partial charge in [0.25, 0.3) is 0 Å². The molecule has 0 fully saturated rings. The minimum Gasteiger partial charge on any atom is -0.489 e. The van der Waals surface area contributed by atoms with Crippen LogP contribution in [0.15, 0.2) is 79.0 Å². The maximum absolute atomic E-state index is 14.7. The second-order valence-corrected chi connectivity index (χ2v) is 8.58. The number of imidazole rings is 1. The first-order valence-corrected chi connectivity index (χ1v) is 11.5. The zero-order valence-electron chi connectivity index (χ0n) is 19.2. The molecule has 0 spiro atoms. The Kier molecular flexibility index (Phi) is 6.35. The lowest BCUT2D eigenvalue weighted by atomic mass is 9.98. The number of benzene rings is 3. The quantitative estimate of drug-likeness (QED) is 0.179. The van der Waals surface area contributed by atoms with Crippen LogP contribution in [0.1, 0.15) is 5.82 Å². The van der Waals surface area contributed by atoms with Gasteiger partial charge < -0.3 is 14.9 Å². The van der Waals surface area contributed by atoms with E-state index in [-0.39, 0.29) is 18.2 Å². The van der Waals surface area contributed by atoms with Gasteiger partial charge in [-0.15, -0.1) is 0 Å². The van der Waals surface area contributed by atoms with Crippen LogP contribution in [-0.2, 0) is 6.54 Å². The van der Waals surface area contributed by atoms with Crippen molar-refractivity contribution in [2.24, 2.45) is 0 Å². The lowest BCUT2D eigenvalue weighted by molar-refractivity contribution is -0.392. The Bertz CT molecular complexity index is 1580. The normalized spacial score (nSPS) is 11.1. The van der Waals surface area contributed by atoms with Crippen LogP contribution in [0.3, 0.4) is 0 Å². The molecule has 2 aromatic heterocycles. The smallest absolute Gasteiger partial charge is 0.342 e. The van der Waals surface area contributed by atoms with Crippen molar-refractivity contribution in [3.63, 3.8) is 0 Å². The van der Waals surface area contributed by atoms with E-state index >= 15 is 0 Å². The molecule has 0 unspecified atom stereocenters. The number of nitro groups is 1. The summed E-state index contributed by atoms with van der Waals surface area (Å²) in [5.41, 5.74) is 3.38. The van der Waals surface area contributed by atoms with Crippen LogP contribution >= 0.6 is 11.6 Å². The average molecular weight is 503 g/mol. The molecule has 0 aliphatic heterocycles. The molecule has 7 nitrogen and oxygen atoms in total. The summed E-state index contributed by atoms with van der Waals surface area (Å²) >= 11 is 6.23. The number of pyridine rings is 1. The van der Waals surface area contributed by atoms with Crippen molar-refractivity contribution < 1.29 is 14.1 Å². The van der Waals surface area contributed by atoms with E-state index in [4.69, 9.17) is 21.3 Å². The SMILES string of the molecule is Cc1ncc([N+](=O)[O-])n1CCOc1ccc(-c2cc(-c3ccccc3F)c3cc(Cl)ccc3n2)cc1. The molecule has 0 saturated heterocycles. The number of hydrogen-bond acceptors (Lipinski definition) is 5. The largest absolute Gasteiger partial charge is 0.489 e. The van der Waals surface area contributed by atoms with Crippen molar-refractivity contribution in [1.29, 1.82) is 0 Å². The fourth-order valence-electron chi connectivity index (χ4n) is 4.10. The zero-order chi connectivity index (χ0) is 25.2. The number of ether oxygens (including phenoxy) is 1. The van der Waals surface area contributed by atoms with Crippen molar-refractivity contribution in [1.82, 2.24) is 14.5 Å². The molecule has 5 aromatic rings. The van der Waals surface area contributed by atoms with Gasteiger partial charge in [0.05, 0.1) is 11.2 Å². The van der Waals surface area contributed by atoms with E-state index in [1.54, 1.807) is 49.4 Å². The molecule has 36 heavy (non-hydrogen) atoms. The topological polar surface area (TPSA) is 83.1 Å². The minimum absolute atomic E-state index is 0.0687. The molecule has 0 N–H and O–H groups in total. The number of halogens is 2. The van der Waals surface area contributed by atoms with E-state index < -0.39 is 4.92 Å². The van der Waals surface area contributed by atoms with Crippen LogP contribution in [0.4, 0.5) is 10.2 Å². The van der Waals surface area contributed by atoms with Crippen molar-refractivity contribution in [2.45, 2.75) is 13.5 Å². The summed E-state index contributed by atoms with van der Waals surface area (Å²) in [5, 5.41) is 12.5. The number of aryl methyl sites for hydroxylation is 1. The predicted molar refractivity (Wildman–Crippen MR) is 137 cm³/mol. The van der Waals surface area contributed by atoms with E-state index in [0.29, 0.717) is 45.5 Å². The van der Waals surface area contributed by atoms with Gasteiger partial charge in [-0.3, -0.25) is 0 Å². The second kappa shape index (κ2) is 9.75. The highest BCUT2D eigenvalue weighted by molar-refractivity contribution is 6.31. The number of nitrogens with zero attached hydrogens (tertiary/aromatic N) is 4. The third-order valence-corrected chi connectivity index (χ3v) is 6.12. The summed E-state index contributed by atoms with van der Waals surface area (Å²) in [5.74, 6) is 0.768. The predicted octanol–water partition coefficient (Wildman–Crippen LogP) is 6.85. The van der Waals surface area contributed by atoms with E-state index in [1.165, 1.54) is 16.8 Å². The molecular formula is C27H20ClFN4O3. The summed E-state index contributed by atoms with van der Waals surface area (Å²) in [4.78, 5) is 19.4. The van der Waals surface area contributed by atoms with Gasteiger partial charge in [-0.05, 0) is 65.1 Å². The van der Waals surface area contributed by atoms with Crippen molar-refractivity contribution in [3.05, 3.63) is 106 Å². The highest BCUT2D eigenvalue weighted by atomic mass is 35.5. The number of hydrogen-bond donors (Lipinski definition) is 0. The standard InChI is InChI=1S/C27H20ClFN4O3/c1-17-30-16-27(33(34)35)32(17)12-13-36-20-9-6-18(7-10-20)26-15-22(21-4-2-3-5-24(21)29)23-14-19(28)8-11-25(23)31-26/h2-11,14-16H,12-13H2,1H3. The molecule has 180 valence electrons. The van der Waals surface area contributed by atoms with Crippen molar-refractivity contribution in [3.8, 4) is 28.1 Å². The molecule has 3 aromatic carbocycles. The third kappa shape index (κ3) is 4.63. The minimum atomic E-state index is -0.463. The van der Waals surface area contributed by atoms with E-state index in [1.807, 2.05) is 24.3 Å². The van der Waals surface area contributed by atoms with Gasteiger partial charge >= 0.3 is 5.82 Å². The van der Waals surface area contributed by atoms with Crippen molar-refractivity contribution >= 4 is 28.3 Å². The molecule has 0 aliphatic carbocycles. The monoisotopic (exact) mass is 502 g/mol. The number of rotatable bonds is 7. The maximum atomic E-state index is 14.7. The fraction of sp³-hybridized carbons (Fsp3) is 0.111. The molecule has 5 rings (SSSR count). The first kappa shape index (κ1) is 23.4. The summed E-state index contributed by atoms with van der Waals surface area (Å²) in [6.45, 7) is 2.25. The lowest BCUT2D eigenvalue weighted by Crippen LogP contribution is -2.11. The van der Waals surface area contributed by atoms with E-state index in [0.717, 1.165) is 10.9 Å². The highest BCUT2D eigenvalue weighted by Gasteiger charge is 2.17. The lowest BCUT2D eigenvalue weighted by Gasteiger charge is -2.12. The first-order valence-electron chi connectivity index (χ1n) is 11.2. The average Bonchev–Trinajstić information content (AvgIpc) is 3.25. The number of aromatic nitrogens is 3. The van der Waals surface area contributed by atoms with Crippen LogP contribution < -0.4 is 4.74 Å². The van der Waals surface area contributed by atoms with Gasteiger partial charge in [0.1, 0.15) is 30.9 Å². The molecule has 0 amide bonds. The van der Waals surface area contributed by atoms with Gasteiger partial charge in [0, 0.05) is 28.5 Å². The van der Waals surface area contributed by atoms with Gasteiger partial charge in [0.15, 0.2) is 5.82 Å². The van der Waals surface area contributed by atoms with E-state index in [2.05, 4.69) is 4.98 Å². The zero-order valence-corrected chi connectivity index (χ0v) is 19.9. The van der Waals surface area contributed by atoms with Crippen LogP contribution in [0.25, 0.3) is 33.3 Å². The Morgan fingerprint density at radius 1 is 1.06 bits per heavy atom. The molecule has 0 saturated carbocycles. The van der Waals surface area contributed by atoms with Crippen LogP contribution in [-0.4, -0.2) is 26.1 Å². The molecule has 0 atom stereocenters. The van der Waals surface area contributed by atoms with Gasteiger partial charge in [-0.1, -0.05) is 29.8 Å². The Labute approximate surface area is 210 Å². The van der Waals surface area contributed by atoms with Crippen molar-refractivity contribution in [2.75, 3.05) is 6.61 Å².